The van der Waals surface area contributed by atoms with Crippen molar-refractivity contribution in [2.45, 2.75) is 25.8 Å². The van der Waals surface area contributed by atoms with Crippen LogP contribution in [0.15, 0.2) is 42.5 Å². The molecule has 1 unspecified atom stereocenters. The van der Waals surface area contributed by atoms with E-state index in [9.17, 15) is 9.90 Å². The van der Waals surface area contributed by atoms with Crippen LogP contribution in [0.1, 0.15) is 31.4 Å². The minimum atomic E-state index is -0.747. The Morgan fingerprint density at radius 2 is 1.95 bits per heavy atom. The zero-order valence-corrected chi connectivity index (χ0v) is 12.3. The van der Waals surface area contributed by atoms with Gasteiger partial charge in [-0.25, -0.2) is 0 Å². The number of rotatable bonds is 6. The van der Waals surface area contributed by atoms with Crippen molar-refractivity contribution in [2.24, 2.45) is 5.92 Å². The van der Waals surface area contributed by atoms with Crippen LogP contribution in [0, 0.1) is 5.92 Å². The summed E-state index contributed by atoms with van der Waals surface area (Å²) in [5, 5.41) is 11.6. The molecule has 1 saturated carbocycles. The van der Waals surface area contributed by atoms with E-state index in [-0.39, 0.29) is 12.6 Å². The van der Waals surface area contributed by atoms with Gasteiger partial charge in [-0.2, -0.15) is 0 Å². The van der Waals surface area contributed by atoms with Crippen LogP contribution in [0.5, 0.6) is 0 Å². The SMILES string of the molecule is CC(c1cccc2ccccc12)N(CC(=O)O)CC1CC1. The highest BCUT2D eigenvalue weighted by Crippen LogP contribution is 2.34. The topological polar surface area (TPSA) is 40.5 Å². The van der Waals surface area contributed by atoms with Gasteiger partial charge < -0.3 is 5.11 Å². The molecular formula is C18H21NO2. The Morgan fingerprint density at radius 3 is 2.67 bits per heavy atom. The van der Waals surface area contributed by atoms with Gasteiger partial charge in [-0.05, 0) is 42.0 Å². The van der Waals surface area contributed by atoms with Crippen LogP contribution in [0.25, 0.3) is 10.8 Å². The largest absolute Gasteiger partial charge is 0.480 e. The monoisotopic (exact) mass is 283 g/mol. The van der Waals surface area contributed by atoms with Gasteiger partial charge >= 0.3 is 5.97 Å². The average Bonchev–Trinajstić information content (AvgIpc) is 3.29. The number of nitrogens with zero attached hydrogens (tertiary/aromatic N) is 1. The van der Waals surface area contributed by atoms with E-state index in [0.29, 0.717) is 5.92 Å². The molecule has 110 valence electrons. The standard InChI is InChI=1S/C18H21NO2/c1-13(19(12-18(20)21)11-14-9-10-14)16-8-4-6-15-5-2-3-7-17(15)16/h2-8,13-14H,9-12H2,1H3,(H,20,21). The molecule has 0 saturated heterocycles. The van der Waals surface area contributed by atoms with Crippen molar-refractivity contribution in [3.05, 3.63) is 48.0 Å². The van der Waals surface area contributed by atoms with Crippen molar-refractivity contribution in [2.75, 3.05) is 13.1 Å². The third kappa shape index (κ3) is 3.24. The molecule has 3 rings (SSSR count). The summed E-state index contributed by atoms with van der Waals surface area (Å²) in [5.41, 5.74) is 1.22. The highest BCUT2D eigenvalue weighted by atomic mass is 16.4. The van der Waals surface area contributed by atoms with Crippen LogP contribution in [0.4, 0.5) is 0 Å². The van der Waals surface area contributed by atoms with Gasteiger partial charge in [-0.15, -0.1) is 0 Å². The molecule has 0 bridgehead atoms. The molecule has 1 atom stereocenters. The fraction of sp³-hybridized carbons (Fsp3) is 0.389. The summed E-state index contributed by atoms with van der Waals surface area (Å²) in [7, 11) is 0. The average molecular weight is 283 g/mol. The fourth-order valence-electron chi connectivity index (χ4n) is 2.98. The summed E-state index contributed by atoms with van der Waals surface area (Å²) in [4.78, 5) is 13.3. The van der Waals surface area contributed by atoms with Crippen LogP contribution in [-0.4, -0.2) is 29.1 Å². The number of hydrogen-bond donors (Lipinski definition) is 1. The molecule has 2 aromatic carbocycles. The highest BCUT2D eigenvalue weighted by Gasteiger charge is 2.28. The molecule has 3 nitrogen and oxygen atoms in total. The van der Waals surface area contributed by atoms with Crippen LogP contribution < -0.4 is 0 Å². The number of aliphatic carboxylic acids is 1. The van der Waals surface area contributed by atoms with Crippen molar-refractivity contribution < 1.29 is 9.90 Å². The van der Waals surface area contributed by atoms with E-state index in [1.54, 1.807) is 0 Å². The first-order chi connectivity index (χ1) is 10.1. The number of carboxylic acid groups (broad SMARTS) is 1. The van der Waals surface area contributed by atoms with Gasteiger partial charge in [0.1, 0.15) is 0 Å². The molecule has 0 heterocycles. The molecule has 21 heavy (non-hydrogen) atoms. The first-order valence-electron chi connectivity index (χ1n) is 7.58. The van der Waals surface area contributed by atoms with Crippen LogP contribution in [0.2, 0.25) is 0 Å². The quantitative estimate of drug-likeness (QED) is 0.879. The molecule has 2 aromatic rings. The normalized spacial score (nSPS) is 16.3. The molecular weight excluding hydrogens is 262 g/mol. The minimum absolute atomic E-state index is 0.112. The molecule has 1 fully saturated rings. The zero-order valence-electron chi connectivity index (χ0n) is 12.3. The van der Waals surface area contributed by atoms with E-state index in [2.05, 4.69) is 42.2 Å². The number of fused-ring (bicyclic) bond motifs is 1. The summed E-state index contributed by atoms with van der Waals surface area (Å²) in [5.74, 6) is -0.0653. The highest BCUT2D eigenvalue weighted by molar-refractivity contribution is 5.86. The smallest absolute Gasteiger partial charge is 0.317 e. The Bertz CT molecular complexity index is 643. The number of carboxylic acids is 1. The van der Waals surface area contributed by atoms with Crippen LogP contribution in [-0.2, 0) is 4.79 Å². The zero-order chi connectivity index (χ0) is 14.8. The predicted molar refractivity (Wildman–Crippen MR) is 84.3 cm³/mol. The Hall–Kier alpha value is -1.87. The Balaban J connectivity index is 1.92. The van der Waals surface area contributed by atoms with Gasteiger partial charge in [0.15, 0.2) is 0 Å². The molecule has 3 heteroatoms. The number of hydrogen-bond acceptors (Lipinski definition) is 2. The van der Waals surface area contributed by atoms with Gasteiger partial charge in [0.2, 0.25) is 0 Å². The molecule has 0 aromatic heterocycles. The second-order valence-corrected chi connectivity index (χ2v) is 6.01. The maximum absolute atomic E-state index is 11.2. The summed E-state index contributed by atoms with van der Waals surface area (Å²) in [6.45, 7) is 3.12. The van der Waals surface area contributed by atoms with Crippen molar-refractivity contribution in [1.82, 2.24) is 4.90 Å². The van der Waals surface area contributed by atoms with E-state index in [1.165, 1.54) is 29.2 Å². The maximum Gasteiger partial charge on any atom is 0.317 e. The van der Waals surface area contributed by atoms with Gasteiger partial charge in [0.25, 0.3) is 0 Å². The van der Waals surface area contributed by atoms with Gasteiger partial charge in [0.05, 0.1) is 6.54 Å². The summed E-state index contributed by atoms with van der Waals surface area (Å²) in [6, 6.07) is 14.7. The number of carbonyl (C=O) groups is 1. The third-order valence-electron chi connectivity index (χ3n) is 4.35. The minimum Gasteiger partial charge on any atom is -0.480 e. The molecule has 1 aliphatic rings. The second-order valence-electron chi connectivity index (χ2n) is 6.01. The van der Waals surface area contributed by atoms with E-state index in [1.807, 2.05) is 12.1 Å². The molecule has 0 amide bonds. The van der Waals surface area contributed by atoms with E-state index < -0.39 is 5.97 Å². The summed E-state index contributed by atoms with van der Waals surface area (Å²) in [6.07, 6.45) is 2.47. The van der Waals surface area contributed by atoms with E-state index in [0.717, 1.165) is 6.54 Å². The molecule has 1 N–H and O–H groups in total. The van der Waals surface area contributed by atoms with Crippen molar-refractivity contribution in [1.29, 1.82) is 0 Å². The van der Waals surface area contributed by atoms with Crippen LogP contribution in [0.3, 0.4) is 0 Å². The molecule has 0 radical (unpaired) electrons. The van der Waals surface area contributed by atoms with Gasteiger partial charge in [-0.1, -0.05) is 42.5 Å². The first kappa shape index (κ1) is 14.1. The lowest BCUT2D eigenvalue weighted by molar-refractivity contribution is -0.138. The lowest BCUT2D eigenvalue weighted by atomic mass is 9.98. The van der Waals surface area contributed by atoms with Crippen molar-refractivity contribution in [3.63, 3.8) is 0 Å². The molecule has 0 spiro atoms. The Morgan fingerprint density at radius 1 is 1.24 bits per heavy atom. The van der Waals surface area contributed by atoms with Gasteiger partial charge in [-0.3, -0.25) is 9.69 Å². The van der Waals surface area contributed by atoms with E-state index in [4.69, 9.17) is 0 Å². The van der Waals surface area contributed by atoms with Crippen LogP contribution >= 0.6 is 0 Å². The first-order valence-corrected chi connectivity index (χ1v) is 7.58. The third-order valence-corrected chi connectivity index (χ3v) is 4.35. The Kier molecular flexibility index (Phi) is 3.93. The molecule has 1 aliphatic carbocycles. The molecule has 0 aliphatic heterocycles. The summed E-state index contributed by atoms with van der Waals surface area (Å²) < 4.78 is 0. The number of benzene rings is 2. The Labute approximate surface area is 125 Å². The lowest BCUT2D eigenvalue weighted by Crippen LogP contribution is -2.34. The summed E-state index contributed by atoms with van der Waals surface area (Å²) >= 11 is 0. The van der Waals surface area contributed by atoms with E-state index >= 15 is 0 Å². The second kappa shape index (κ2) is 5.86. The van der Waals surface area contributed by atoms with Crippen molar-refractivity contribution >= 4 is 16.7 Å². The predicted octanol–water partition coefficient (Wildman–Crippen LogP) is 3.70. The van der Waals surface area contributed by atoms with Crippen molar-refractivity contribution in [3.8, 4) is 0 Å². The lowest BCUT2D eigenvalue weighted by Gasteiger charge is -2.28. The maximum atomic E-state index is 11.2. The fourth-order valence-corrected chi connectivity index (χ4v) is 2.98. The van der Waals surface area contributed by atoms with Gasteiger partial charge in [0, 0.05) is 12.6 Å².